The minimum absolute atomic E-state index is 0.00155. The van der Waals surface area contributed by atoms with Gasteiger partial charge in [-0.1, -0.05) is 36.4 Å². The number of aliphatic carboxylic acids is 1. The summed E-state index contributed by atoms with van der Waals surface area (Å²) in [5.41, 5.74) is 6.81. The molecule has 0 aliphatic heterocycles. The summed E-state index contributed by atoms with van der Waals surface area (Å²) in [7, 11) is -2.47. The number of thiophene rings is 1. The summed E-state index contributed by atoms with van der Waals surface area (Å²) in [5, 5.41) is 23.1. The number of benzene rings is 2. The molecule has 0 fully saturated rings. The molecule has 11 nitrogen and oxygen atoms in total. The number of carboxylic acid groups (broad SMARTS) is 1. The Balaban J connectivity index is 1.70. The van der Waals surface area contributed by atoms with E-state index in [1.54, 1.807) is 25.3 Å². The molecule has 0 aliphatic carbocycles. The Labute approximate surface area is 230 Å². The highest BCUT2D eigenvalue weighted by Gasteiger charge is 2.24. The number of rotatable bonds is 13. The van der Waals surface area contributed by atoms with Crippen molar-refractivity contribution in [2.75, 3.05) is 18.4 Å². The van der Waals surface area contributed by atoms with Crippen LogP contribution in [0.15, 0.2) is 64.9 Å². The molecule has 1 heterocycles. The van der Waals surface area contributed by atoms with E-state index in [0.29, 0.717) is 12.0 Å². The van der Waals surface area contributed by atoms with Crippen molar-refractivity contribution < 1.29 is 27.9 Å². The van der Waals surface area contributed by atoms with E-state index in [9.17, 15) is 23.1 Å². The number of hydrogen-bond donors (Lipinski definition) is 6. The molecule has 1 aromatic heterocycles. The van der Waals surface area contributed by atoms with Crippen LogP contribution < -0.4 is 25.8 Å². The lowest BCUT2D eigenvalue weighted by Crippen LogP contribution is -2.41. The first-order valence-corrected chi connectivity index (χ1v) is 14.1. The quantitative estimate of drug-likeness (QED) is 0.0782. The van der Waals surface area contributed by atoms with Gasteiger partial charge in [0.15, 0.2) is 5.96 Å². The molecule has 0 aliphatic rings. The molecule has 7 N–H and O–H groups in total. The van der Waals surface area contributed by atoms with Crippen molar-refractivity contribution in [1.29, 1.82) is 5.41 Å². The van der Waals surface area contributed by atoms with E-state index in [4.69, 9.17) is 15.9 Å². The van der Waals surface area contributed by atoms with E-state index in [-0.39, 0.29) is 34.4 Å². The van der Waals surface area contributed by atoms with Crippen LogP contribution in [-0.2, 0) is 14.8 Å². The monoisotopic (exact) mass is 571 g/mol. The van der Waals surface area contributed by atoms with Crippen LogP contribution in [0.25, 0.3) is 12.2 Å². The lowest BCUT2D eigenvalue weighted by molar-refractivity contribution is -0.139. The molecule has 0 radical (unpaired) electrons. The Morgan fingerprint density at radius 1 is 1.13 bits per heavy atom. The van der Waals surface area contributed by atoms with E-state index in [0.717, 1.165) is 22.6 Å². The van der Waals surface area contributed by atoms with Gasteiger partial charge in [0.2, 0.25) is 0 Å². The number of amides is 1. The molecule has 1 amide bonds. The normalized spacial score (nSPS) is 12.0. The van der Waals surface area contributed by atoms with Crippen LogP contribution in [0.1, 0.15) is 33.6 Å². The summed E-state index contributed by atoms with van der Waals surface area (Å²) in [6.07, 6.45) is 4.05. The van der Waals surface area contributed by atoms with Crippen molar-refractivity contribution in [1.82, 2.24) is 10.6 Å². The van der Waals surface area contributed by atoms with E-state index >= 15 is 0 Å². The standard InChI is InChI=1S/C26H29N5O6S2/c1-37-19-11-9-17(10-12-19)7-8-18-4-2-5-20(16-18)39(35,36)31-21-13-15-38-23(21)24(32)30-22(25(33)34)6-3-14-29-26(27)28/h2,4-5,7-13,15-16,22,31H,3,6,14H2,1H3,(H,30,32)(H,33,34)(H4,27,28,29)/t22-/m0/s1. The highest BCUT2D eigenvalue weighted by atomic mass is 32.2. The molecule has 0 saturated carbocycles. The summed E-state index contributed by atoms with van der Waals surface area (Å²) in [6.45, 7) is 0.271. The Hall–Kier alpha value is -4.36. The van der Waals surface area contributed by atoms with Gasteiger partial charge in [0.1, 0.15) is 16.7 Å². The van der Waals surface area contributed by atoms with Gasteiger partial charge in [0, 0.05) is 6.54 Å². The van der Waals surface area contributed by atoms with Gasteiger partial charge in [-0.3, -0.25) is 14.9 Å². The smallest absolute Gasteiger partial charge is 0.326 e. The highest BCUT2D eigenvalue weighted by molar-refractivity contribution is 7.92. The van der Waals surface area contributed by atoms with Gasteiger partial charge in [0.25, 0.3) is 15.9 Å². The van der Waals surface area contributed by atoms with Crippen LogP contribution in [-0.4, -0.2) is 51.1 Å². The van der Waals surface area contributed by atoms with Crippen LogP contribution >= 0.6 is 11.3 Å². The average molecular weight is 572 g/mol. The second-order valence-electron chi connectivity index (χ2n) is 8.29. The number of carbonyl (C=O) groups is 2. The number of sulfonamides is 1. The molecule has 0 saturated heterocycles. The van der Waals surface area contributed by atoms with Crippen LogP contribution in [0.2, 0.25) is 0 Å². The minimum Gasteiger partial charge on any atom is -0.497 e. The zero-order chi connectivity index (χ0) is 28.4. The fourth-order valence-corrected chi connectivity index (χ4v) is 5.42. The number of nitrogens with two attached hydrogens (primary N) is 1. The molecule has 206 valence electrons. The van der Waals surface area contributed by atoms with Crippen molar-refractivity contribution in [3.8, 4) is 5.75 Å². The number of methoxy groups -OCH3 is 1. The lowest BCUT2D eigenvalue weighted by atomic mass is 10.1. The summed E-state index contributed by atoms with van der Waals surface area (Å²) in [5.74, 6) is -1.45. The van der Waals surface area contributed by atoms with Gasteiger partial charge in [-0.15, -0.1) is 11.3 Å². The minimum atomic E-state index is -4.05. The third-order valence-electron chi connectivity index (χ3n) is 5.46. The number of ether oxygens (including phenoxy) is 1. The molecule has 1 atom stereocenters. The Kier molecular flexibility index (Phi) is 10.1. The predicted molar refractivity (Wildman–Crippen MR) is 152 cm³/mol. The van der Waals surface area contributed by atoms with Crippen LogP contribution in [0.5, 0.6) is 5.75 Å². The fraction of sp³-hybridized carbons (Fsp3) is 0.192. The summed E-state index contributed by atoms with van der Waals surface area (Å²) < 4.78 is 33.8. The maximum Gasteiger partial charge on any atom is 0.326 e. The molecular weight excluding hydrogens is 542 g/mol. The molecule has 3 rings (SSSR count). The molecular formula is C26H29N5O6S2. The highest BCUT2D eigenvalue weighted by Crippen LogP contribution is 2.26. The largest absolute Gasteiger partial charge is 0.497 e. The summed E-state index contributed by atoms with van der Waals surface area (Å²) in [6, 6.07) is 14.0. The SMILES string of the molecule is COc1ccc(C=Cc2cccc(S(=O)(=O)Nc3ccsc3C(=O)N[C@@H](CCCNC(=N)N)C(=O)O)c2)cc1. The Morgan fingerprint density at radius 3 is 2.51 bits per heavy atom. The zero-order valence-corrected chi connectivity index (χ0v) is 22.6. The maximum atomic E-state index is 13.1. The lowest BCUT2D eigenvalue weighted by Gasteiger charge is -2.15. The van der Waals surface area contributed by atoms with Crippen LogP contribution in [0.3, 0.4) is 0 Å². The van der Waals surface area contributed by atoms with Gasteiger partial charge in [0.05, 0.1) is 17.7 Å². The first-order chi connectivity index (χ1) is 18.6. The number of anilines is 1. The number of carbonyl (C=O) groups excluding carboxylic acids is 1. The fourth-order valence-electron chi connectivity index (χ4n) is 3.47. The molecule has 13 heteroatoms. The first kappa shape index (κ1) is 29.2. The maximum absolute atomic E-state index is 13.1. The number of hydrogen-bond acceptors (Lipinski definition) is 7. The van der Waals surface area contributed by atoms with Gasteiger partial charge in [-0.2, -0.15) is 0 Å². The molecule has 0 bridgehead atoms. The first-order valence-electron chi connectivity index (χ1n) is 11.7. The van der Waals surface area contributed by atoms with Crippen LogP contribution in [0, 0.1) is 5.41 Å². The molecule has 39 heavy (non-hydrogen) atoms. The Bertz CT molecular complexity index is 1450. The van der Waals surface area contributed by atoms with Crippen molar-refractivity contribution >= 4 is 57.0 Å². The van der Waals surface area contributed by atoms with Gasteiger partial charge < -0.3 is 26.2 Å². The van der Waals surface area contributed by atoms with Crippen LogP contribution in [0.4, 0.5) is 5.69 Å². The van der Waals surface area contributed by atoms with Gasteiger partial charge in [-0.05, 0) is 59.7 Å². The predicted octanol–water partition coefficient (Wildman–Crippen LogP) is 3.17. The summed E-state index contributed by atoms with van der Waals surface area (Å²) in [4.78, 5) is 24.5. The zero-order valence-electron chi connectivity index (χ0n) is 21.0. The molecule has 0 spiro atoms. The number of nitrogens with one attached hydrogen (secondary N) is 4. The van der Waals surface area contributed by atoms with Crippen molar-refractivity contribution in [2.45, 2.75) is 23.8 Å². The topological polar surface area (TPSA) is 184 Å². The van der Waals surface area contributed by atoms with Gasteiger partial charge in [-0.25, -0.2) is 13.2 Å². The second-order valence-corrected chi connectivity index (χ2v) is 10.9. The number of carboxylic acids is 1. The van der Waals surface area contributed by atoms with E-state index in [1.165, 1.54) is 23.6 Å². The second kappa shape index (κ2) is 13.4. The number of guanidine groups is 1. The third-order valence-corrected chi connectivity index (χ3v) is 7.73. The molecule has 3 aromatic rings. The Morgan fingerprint density at radius 2 is 1.85 bits per heavy atom. The van der Waals surface area contributed by atoms with E-state index < -0.39 is 27.9 Å². The van der Waals surface area contributed by atoms with Crippen molar-refractivity contribution in [3.63, 3.8) is 0 Å². The molecule has 0 unspecified atom stereocenters. The van der Waals surface area contributed by atoms with Gasteiger partial charge >= 0.3 is 5.97 Å². The van der Waals surface area contributed by atoms with Crippen molar-refractivity contribution in [3.05, 3.63) is 76.0 Å². The summed E-state index contributed by atoms with van der Waals surface area (Å²) >= 11 is 0.982. The van der Waals surface area contributed by atoms with E-state index in [1.807, 2.05) is 30.3 Å². The average Bonchev–Trinajstić information content (AvgIpc) is 3.36. The van der Waals surface area contributed by atoms with Crippen molar-refractivity contribution in [2.24, 2.45) is 5.73 Å². The van der Waals surface area contributed by atoms with E-state index in [2.05, 4.69) is 15.4 Å². The molecule has 2 aromatic carbocycles. The third kappa shape index (κ3) is 8.58.